The van der Waals surface area contributed by atoms with Crippen molar-refractivity contribution in [3.05, 3.63) is 41.2 Å². The molecule has 1 aromatic rings. The van der Waals surface area contributed by atoms with Gasteiger partial charge >= 0.3 is 0 Å². The summed E-state index contributed by atoms with van der Waals surface area (Å²) in [7, 11) is 1.86. The van der Waals surface area contributed by atoms with Crippen molar-refractivity contribution in [3.8, 4) is 5.75 Å². The van der Waals surface area contributed by atoms with Crippen molar-refractivity contribution < 1.29 is 4.74 Å². The summed E-state index contributed by atoms with van der Waals surface area (Å²) in [5.74, 6) is 1.49. The Balaban J connectivity index is 1.45. The Morgan fingerprint density at radius 3 is 2.89 bits per heavy atom. The number of ether oxygens (including phenoxy) is 1. The summed E-state index contributed by atoms with van der Waals surface area (Å²) >= 11 is 0. The van der Waals surface area contributed by atoms with Crippen LogP contribution in [0.4, 0.5) is 0 Å². The molecule has 3 aliphatic rings. The number of hydrogen-bond acceptors (Lipinski definition) is 6. The molecule has 146 valence electrons. The van der Waals surface area contributed by atoms with E-state index in [0.717, 1.165) is 36.7 Å². The zero-order chi connectivity index (χ0) is 18.7. The van der Waals surface area contributed by atoms with Gasteiger partial charge in [-0.1, -0.05) is 12.1 Å². The number of rotatable bonds is 8. The molecule has 6 heteroatoms. The highest BCUT2D eigenvalue weighted by molar-refractivity contribution is 5.73. The summed E-state index contributed by atoms with van der Waals surface area (Å²) in [5, 5.41) is 6.35. The third-order valence-corrected chi connectivity index (χ3v) is 5.66. The minimum absolute atomic E-state index is 0.636. The van der Waals surface area contributed by atoms with E-state index in [1.165, 1.54) is 44.3 Å². The summed E-state index contributed by atoms with van der Waals surface area (Å²) in [5.41, 5.74) is 8.77. The first-order chi connectivity index (χ1) is 13.2. The Morgan fingerprint density at radius 1 is 1.33 bits per heavy atom. The molecule has 2 heterocycles. The van der Waals surface area contributed by atoms with Crippen LogP contribution in [0.5, 0.6) is 5.75 Å². The van der Waals surface area contributed by atoms with E-state index < -0.39 is 5.79 Å². The van der Waals surface area contributed by atoms with Crippen molar-refractivity contribution in [1.29, 1.82) is 0 Å². The number of aliphatic imine (C=N–C) groups is 1. The number of likely N-dealkylation sites (tertiary alicyclic amines) is 1. The van der Waals surface area contributed by atoms with E-state index in [1.54, 1.807) is 6.21 Å². The average Bonchev–Trinajstić information content (AvgIpc) is 3.40. The van der Waals surface area contributed by atoms with Crippen molar-refractivity contribution in [1.82, 2.24) is 15.5 Å². The van der Waals surface area contributed by atoms with Crippen LogP contribution >= 0.6 is 0 Å². The van der Waals surface area contributed by atoms with Gasteiger partial charge in [0.25, 0.3) is 0 Å². The number of hydrogen-bond donors (Lipinski definition) is 3. The number of nitrogens with one attached hydrogen (secondary N) is 2. The lowest BCUT2D eigenvalue weighted by Crippen LogP contribution is -2.51. The maximum atomic E-state index is 6.54. The lowest BCUT2D eigenvalue weighted by atomic mass is 10.0. The maximum absolute atomic E-state index is 6.54. The first-order valence-corrected chi connectivity index (χ1v) is 10.2. The van der Waals surface area contributed by atoms with Crippen molar-refractivity contribution in [2.75, 3.05) is 33.3 Å². The number of nitrogens with zero attached hydrogens (tertiary/aromatic N) is 2. The molecule has 0 radical (unpaired) electrons. The SMILES string of the molecule is CNC1=CC=NC(N)(c2ccc(C3CC3)c(OCCCN3CCCC3)c2)N1. The molecule has 0 spiro atoms. The van der Waals surface area contributed by atoms with E-state index in [4.69, 9.17) is 10.5 Å². The monoisotopic (exact) mass is 369 g/mol. The zero-order valence-electron chi connectivity index (χ0n) is 16.2. The Hall–Kier alpha value is -2.05. The van der Waals surface area contributed by atoms with Gasteiger partial charge in [-0.15, -0.1) is 0 Å². The topological polar surface area (TPSA) is 74.9 Å². The van der Waals surface area contributed by atoms with E-state index in [-0.39, 0.29) is 0 Å². The van der Waals surface area contributed by atoms with Gasteiger partial charge in [-0.2, -0.15) is 0 Å². The molecule has 1 unspecified atom stereocenters. The molecule has 6 nitrogen and oxygen atoms in total. The van der Waals surface area contributed by atoms with E-state index in [0.29, 0.717) is 5.92 Å². The van der Waals surface area contributed by atoms with E-state index >= 15 is 0 Å². The minimum atomic E-state index is -0.969. The second kappa shape index (κ2) is 7.90. The van der Waals surface area contributed by atoms with Crippen LogP contribution in [-0.4, -0.2) is 44.4 Å². The summed E-state index contributed by atoms with van der Waals surface area (Å²) in [6.07, 6.45) is 9.85. The smallest absolute Gasteiger partial charge is 0.210 e. The molecule has 4 rings (SSSR count). The van der Waals surface area contributed by atoms with Crippen LogP contribution in [0.3, 0.4) is 0 Å². The van der Waals surface area contributed by atoms with Gasteiger partial charge in [-0.25, -0.2) is 4.99 Å². The predicted octanol–water partition coefficient (Wildman–Crippen LogP) is 2.23. The van der Waals surface area contributed by atoms with Crippen molar-refractivity contribution in [2.45, 2.75) is 43.8 Å². The molecule has 1 atom stereocenters. The van der Waals surface area contributed by atoms with Crippen LogP contribution in [0, 0.1) is 0 Å². The van der Waals surface area contributed by atoms with Crippen molar-refractivity contribution in [3.63, 3.8) is 0 Å². The highest BCUT2D eigenvalue weighted by atomic mass is 16.5. The number of allylic oxidation sites excluding steroid dienone is 1. The average molecular weight is 370 g/mol. The fourth-order valence-electron chi connectivity index (χ4n) is 3.91. The molecule has 4 N–H and O–H groups in total. The summed E-state index contributed by atoms with van der Waals surface area (Å²) in [6.45, 7) is 4.35. The third-order valence-electron chi connectivity index (χ3n) is 5.66. The summed E-state index contributed by atoms with van der Waals surface area (Å²) in [6, 6.07) is 6.33. The zero-order valence-corrected chi connectivity index (χ0v) is 16.2. The Bertz CT molecular complexity index is 721. The molecule has 0 amide bonds. The quantitative estimate of drug-likeness (QED) is 0.613. The highest BCUT2D eigenvalue weighted by Gasteiger charge is 2.32. The van der Waals surface area contributed by atoms with Crippen molar-refractivity contribution >= 4 is 6.21 Å². The fourth-order valence-corrected chi connectivity index (χ4v) is 3.91. The van der Waals surface area contributed by atoms with Gasteiger partial charge in [0.15, 0.2) is 0 Å². The second-order valence-corrected chi connectivity index (χ2v) is 7.78. The molecule has 0 aromatic heterocycles. The molecular formula is C21H31N5O. The Kier molecular flexibility index (Phi) is 5.36. The lowest BCUT2D eigenvalue weighted by Gasteiger charge is -2.31. The van der Waals surface area contributed by atoms with E-state index in [9.17, 15) is 0 Å². The molecule has 27 heavy (non-hydrogen) atoms. The Morgan fingerprint density at radius 2 is 2.15 bits per heavy atom. The largest absolute Gasteiger partial charge is 0.493 e. The lowest BCUT2D eigenvalue weighted by molar-refractivity contribution is 0.261. The van der Waals surface area contributed by atoms with E-state index in [1.807, 2.05) is 13.1 Å². The predicted molar refractivity (Wildman–Crippen MR) is 109 cm³/mol. The van der Waals surface area contributed by atoms with Gasteiger partial charge in [-0.3, -0.25) is 5.73 Å². The van der Waals surface area contributed by atoms with Crippen LogP contribution in [0.1, 0.15) is 49.1 Å². The highest BCUT2D eigenvalue weighted by Crippen LogP contribution is 2.45. The normalized spacial score (nSPS) is 25.2. The molecule has 1 aromatic carbocycles. The molecule has 2 aliphatic heterocycles. The van der Waals surface area contributed by atoms with Crippen LogP contribution in [-0.2, 0) is 5.79 Å². The molecule has 1 saturated heterocycles. The molecular weight excluding hydrogens is 338 g/mol. The minimum Gasteiger partial charge on any atom is -0.493 e. The maximum Gasteiger partial charge on any atom is 0.210 e. The fraction of sp³-hybridized carbons (Fsp3) is 0.571. The van der Waals surface area contributed by atoms with Crippen molar-refractivity contribution in [2.24, 2.45) is 10.7 Å². The number of benzene rings is 1. The van der Waals surface area contributed by atoms with Crippen LogP contribution in [0.15, 0.2) is 35.1 Å². The van der Waals surface area contributed by atoms with E-state index in [2.05, 4.69) is 38.7 Å². The standard InChI is InChI=1S/C21H31N5O/c1-23-20-9-10-24-21(22,25-20)17-7-8-18(16-5-6-16)19(15-17)27-14-4-13-26-11-2-3-12-26/h7-10,15-16,23,25H,2-6,11-14,22H2,1H3. The van der Waals surface area contributed by atoms with Crippen LogP contribution in [0.2, 0.25) is 0 Å². The second-order valence-electron chi connectivity index (χ2n) is 7.78. The third kappa shape index (κ3) is 4.28. The Labute approximate surface area is 161 Å². The van der Waals surface area contributed by atoms with Crippen LogP contribution < -0.4 is 21.1 Å². The number of nitrogens with two attached hydrogens (primary N) is 1. The molecule has 1 saturated carbocycles. The first kappa shape index (κ1) is 18.3. The summed E-state index contributed by atoms with van der Waals surface area (Å²) in [4.78, 5) is 7.00. The van der Waals surface area contributed by atoms with Crippen LogP contribution in [0.25, 0.3) is 0 Å². The first-order valence-electron chi connectivity index (χ1n) is 10.2. The molecule has 2 fully saturated rings. The molecule has 1 aliphatic carbocycles. The summed E-state index contributed by atoms with van der Waals surface area (Å²) < 4.78 is 6.24. The van der Waals surface area contributed by atoms with Gasteiger partial charge in [0.2, 0.25) is 5.79 Å². The van der Waals surface area contributed by atoms with Gasteiger partial charge in [-0.05, 0) is 68.8 Å². The van der Waals surface area contributed by atoms with Gasteiger partial charge < -0.3 is 20.3 Å². The van der Waals surface area contributed by atoms with Gasteiger partial charge in [0.05, 0.1) is 6.61 Å². The van der Waals surface area contributed by atoms with Gasteiger partial charge in [0.1, 0.15) is 11.6 Å². The molecule has 0 bridgehead atoms. The van der Waals surface area contributed by atoms with Gasteiger partial charge in [0, 0.05) is 25.4 Å².